The van der Waals surface area contributed by atoms with Gasteiger partial charge in [0.2, 0.25) is 0 Å². The first-order chi connectivity index (χ1) is 8.20. The van der Waals surface area contributed by atoms with E-state index in [9.17, 15) is 8.78 Å². The molecule has 0 aliphatic heterocycles. The van der Waals surface area contributed by atoms with Gasteiger partial charge in [-0.2, -0.15) is 0 Å². The van der Waals surface area contributed by atoms with Crippen molar-refractivity contribution in [3.05, 3.63) is 53.9 Å². The third-order valence-electron chi connectivity index (χ3n) is 2.45. The summed E-state index contributed by atoms with van der Waals surface area (Å²) in [5.41, 5.74) is 1.97. The zero-order valence-corrected chi connectivity index (χ0v) is 8.98. The van der Waals surface area contributed by atoms with Crippen molar-refractivity contribution in [1.29, 1.82) is 0 Å². The van der Waals surface area contributed by atoms with Gasteiger partial charge in [0, 0.05) is 6.20 Å². The molecule has 0 saturated heterocycles. The number of hydrogen-bond acceptors (Lipinski definition) is 2. The highest BCUT2D eigenvalue weighted by molar-refractivity contribution is 5.64. The van der Waals surface area contributed by atoms with Crippen LogP contribution in [0.4, 0.5) is 8.78 Å². The highest BCUT2D eigenvalue weighted by atomic mass is 19.3. The van der Waals surface area contributed by atoms with E-state index < -0.39 is 6.43 Å². The van der Waals surface area contributed by atoms with Crippen LogP contribution in [0.5, 0.6) is 0 Å². The van der Waals surface area contributed by atoms with Gasteiger partial charge in [0.15, 0.2) is 0 Å². The van der Waals surface area contributed by atoms with Gasteiger partial charge in [-0.1, -0.05) is 18.2 Å². The summed E-state index contributed by atoms with van der Waals surface area (Å²) in [5, 5.41) is 9.02. The molecule has 1 N–H and O–H groups in total. The fraction of sp³-hybridized carbons (Fsp3) is 0.154. The number of rotatable bonds is 3. The molecule has 0 aliphatic carbocycles. The summed E-state index contributed by atoms with van der Waals surface area (Å²) in [6.45, 7) is -0.0688. The van der Waals surface area contributed by atoms with Crippen molar-refractivity contribution in [3.8, 4) is 11.1 Å². The Bertz CT molecular complexity index is 514. The summed E-state index contributed by atoms with van der Waals surface area (Å²) in [5.74, 6) is 0. The summed E-state index contributed by atoms with van der Waals surface area (Å²) in [4.78, 5) is 3.61. The Morgan fingerprint density at radius 1 is 1.12 bits per heavy atom. The van der Waals surface area contributed by atoms with Crippen molar-refractivity contribution < 1.29 is 13.9 Å². The van der Waals surface area contributed by atoms with E-state index in [2.05, 4.69) is 4.98 Å². The minimum atomic E-state index is -2.57. The predicted molar refractivity (Wildman–Crippen MR) is 60.6 cm³/mol. The SMILES string of the molecule is OCc1cccc(-c2ccnc(C(F)F)c2)c1. The van der Waals surface area contributed by atoms with E-state index in [4.69, 9.17) is 5.11 Å². The molecule has 0 fully saturated rings. The van der Waals surface area contributed by atoms with Crippen LogP contribution in [0, 0.1) is 0 Å². The lowest BCUT2D eigenvalue weighted by molar-refractivity contribution is 0.146. The lowest BCUT2D eigenvalue weighted by Crippen LogP contribution is -1.91. The monoisotopic (exact) mass is 235 g/mol. The summed E-state index contributed by atoms with van der Waals surface area (Å²) in [7, 11) is 0. The molecule has 0 spiro atoms. The Hall–Kier alpha value is -1.81. The van der Waals surface area contributed by atoms with Gasteiger partial charge >= 0.3 is 0 Å². The third kappa shape index (κ3) is 2.65. The molecule has 1 heterocycles. The highest BCUT2D eigenvalue weighted by Crippen LogP contribution is 2.24. The molecule has 4 heteroatoms. The molecule has 0 aliphatic rings. The number of aliphatic hydroxyl groups excluding tert-OH is 1. The molecule has 0 amide bonds. The third-order valence-corrected chi connectivity index (χ3v) is 2.45. The quantitative estimate of drug-likeness (QED) is 0.886. The van der Waals surface area contributed by atoms with Crippen molar-refractivity contribution in [2.45, 2.75) is 13.0 Å². The van der Waals surface area contributed by atoms with Crippen LogP contribution in [0.2, 0.25) is 0 Å². The lowest BCUT2D eigenvalue weighted by Gasteiger charge is -2.05. The minimum absolute atomic E-state index is 0.0688. The van der Waals surface area contributed by atoms with E-state index >= 15 is 0 Å². The van der Waals surface area contributed by atoms with Crippen LogP contribution >= 0.6 is 0 Å². The van der Waals surface area contributed by atoms with Gasteiger partial charge in [0.25, 0.3) is 6.43 Å². The van der Waals surface area contributed by atoms with Crippen molar-refractivity contribution >= 4 is 0 Å². The predicted octanol–water partition coefficient (Wildman–Crippen LogP) is 3.18. The largest absolute Gasteiger partial charge is 0.392 e. The molecular formula is C13H11F2NO. The maximum absolute atomic E-state index is 12.5. The average molecular weight is 235 g/mol. The zero-order chi connectivity index (χ0) is 12.3. The van der Waals surface area contributed by atoms with Crippen LogP contribution in [-0.4, -0.2) is 10.1 Å². The van der Waals surface area contributed by atoms with Crippen LogP contribution in [0.1, 0.15) is 17.7 Å². The molecule has 2 rings (SSSR count). The first kappa shape index (κ1) is 11.7. The molecule has 17 heavy (non-hydrogen) atoms. The number of aliphatic hydroxyl groups is 1. The van der Waals surface area contributed by atoms with E-state index in [1.54, 1.807) is 24.3 Å². The fourth-order valence-corrected chi connectivity index (χ4v) is 1.60. The van der Waals surface area contributed by atoms with Gasteiger partial charge in [-0.25, -0.2) is 8.78 Å². The van der Waals surface area contributed by atoms with Crippen molar-refractivity contribution in [1.82, 2.24) is 4.98 Å². The smallest absolute Gasteiger partial charge is 0.280 e. The van der Waals surface area contributed by atoms with E-state index in [-0.39, 0.29) is 12.3 Å². The number of pyridine rings is 1. The molecule has 2 nitrogen and oxygen atoms in total. The first-order valence-corrected chi connectivity index (χ1v) is 5.15. The average Bonchev–Trinajstić information content (AvgIpc) is 2.39. The highest BCUT2D eigenvalue weighted by Gasteiger charge is 2.09. The lowest BCUT2D eigenvalue weighted by atomic mass is 10.0. The Morgan fingerprint density at radius 2 is 1.88 bits per heavy atom. The maximum atomic E-state index is 12.5. The van der Waals surface area contributed by atoms with Crippen LogP contribution in [0.15, 0.2) is 42.6 Å². The van der Waals surface area contributed by atoms with Gasteiger partial charge in [0.05, 0.1) is 6.61 Å². The molecule has 2 aromatic rings. The van der Waals surface area contributed by atoms with Gasteiger partial charge in [-0.15, -0.1) is 0 Å². The Kier molecular flexibility index (Phi) is 3.44. The zero-order valence-electron chi connectivity index (χ0n) is 8.98. The van der Waals surface area contributed by atoms with E-state index in [1.807, 2.05) is 6.07 Å². The second-order valence-corrected chi connectivity index (χ2v) is 3.63. The van der Waals surface area contributed by atoms with Crippen LogP contribution in [0.3, 0.4) is 0 Å². The molecule has 0 atom stereocenters. The Morgan fingerprint density at radius 3 is 2.59 bits per heavy atom. The summed E-state index contributed by atoms with van der Waals surface area (Å²) in [6, 6.07) is 10.2. The topological polar surface area (TPSA) is 33.1 Å². The molecule has 0 saturated carbocycles. The second-order valence-electron chi connectivity index (χ2n) is 3.63. The minimum Gasteiger partial charge on any atom is -0.392 e. The molecule has 1 aromatic carbocycles. The van der Waals surface area contributed by atoms with Gasteiger partial charge < -0.3 is 5.11 Å². The number of alkyl halides is 2. The molecule has 1 aromatic heterocycles. The normalized spacial score (nSPS) is 10.8. The number of halogens is 2. The summed E-state index contributed by atoms with van der Waals surface area (Å²) in [6.07, 6.45) is -1.21. The second kappa shape index (κ2) is 5.01. The first-order valence-electron chi connectivity index (χ1n) is 5.15. The standard InChI is InChI=1S/C13H11F2NO/c14-13(15)12-7-11(4-5-16-12)10-3-1-2-9(6-10)8-17/h1-7,13,17H,8H2. The molecule has 88 valence electrons. The van der Waals surface area contributed by atoms with Crippen molar-refractivity contribution in [2.24, 2.45) is 0 Å². The maximum Gasteiger partial charge on any atom is 0.280 e. The molecule has 0 radical (unpaired) electrons. The Labute approximate surface area is 97.6 Å². The molecule has 0 unspecified atom stereocenters. The number of nitrogens with zero attached hydrogens (tertiary/aromatic N) is 1. The van der Waals surface area contributed by atoms with Gasteiger partial charge in [-0.3, -0.25) is 4.98 Å². The number of aromatic nitrogens is 1. The van der Waals surface area contributed by atoms with Crippen molar-refractivity contribution in [2.75, 3.05) is 0 Å². The molecule has 0 bridgehead atoms. The van der Waals surface area contributed by atoms with Gasteiger partial charge in [0.1, 0.15) is 5.69 Å². The van der Waals surface area contributed by atoms with E-state index in [1.165, 1.54) is 12.3 Å². The van der Waals surface area contributed by atoms with Crippen LogP contribution in [0.25, 0.3) is 11.1 Å². The summed E-state index contributed by atoms with van der Waals surface area (Å²) >= 11 is 0. The van der Waals surface area contributed by atoms with Gasteiger partial charge in [-0.05, 0) is 34.9 Å². The van der Waals surface area contributed by atoms with E-state index in [0.29, 0.717) is 5.56 Å². The van der Waals surface area contributed by atoms with Crippen LogP contribution in [-0.2, 0) is 6.61 Å². The number of hydrogen-bond donors (Lipinski definition) is 1. The number of benzene rings is 1. The van der Waals surface area contributed by atoms with Crippen LogP contribution < -0.4 is 0 Å². The molecular weight excluding hydrogens is 224 g/mol. The Balaban J connectivity index is 2.41. The van der Waals surface area contributed by atoms with Crippen molar-refractivity contribution in [3.63, 3.8) is 0 Å². The fourth-order valence-electron chi connectivity index (χ4n) is 1.60. The van der Waals surface area contributed by atoms with E-state index in [0.717, 1.165) is 11.1 Å². The summed E-state index contributed by atoms with van der Waals surface area (Å²) < 4.78 is 25.0.